The third-order valence-electron chi connectivity index (χ3n) is 5.06. The number of likely N-dealkylation sites (N-methyl/N-ethyl adjacent to an activating group) is 1. The topological polar surface area (TPSA) is 52.8 Å². The van der Waals surface area contributed by atoms with Crippen LogP contribution in [-0.4, -0.2) is 61.6 Å². The van der Waals surface area contributed by atoms with E-state index in [0.717, 1.165) is 25.2 Å². The Morgan fingerprint density at radius 3 is 2.48 bits per heavy atom. The maximum absolute atomic E-state index is 12.6. The number of benzene rings is 1. The zero-order chi connectivity index (χ0) is 16.8. The highest BCUT2D eigenvalue weighted by molar-refractivity contribution is 6.00. The van der Waals surface area contributed by atoms with Gasteiger partial charge in [-0.15, -0.1) is 0 Å². The zero-order valence-electron chi connectivity index (χ0n) is 14.6. The predicted molar refractivity (Wildman–Crippen MR) is 93.5 cm³/mol. The first-order valence-electron chi connectivity index (χ1n) is 8.36. The molecule has 1 aromatic rings. The fourth-order valence-corrected chi connectivity index (χ4v) is 3.97. The van der Waals surface area contributed by atoms with E-state index < -0.39 is 0 Å². The van der Waals surface area contributed by atoms with Gasteiger partial charge in [0.05, 0.1) is 6.67 Å². The molecule has 0 saturated carbocycles. The Morgan fingerprint density at radius 2 is 1.91 bits per heavy atom. The van der Waals surface area contributed by atoms with E-state index in [1.165, 1.54) is 5.56 Å². The summed E-state index contributed by atoms with van der Waals surface area (Å²) in [5.74, 6) is 0.148. The van der Waals surface area contributed by atoms with Crippen molar-refractivity contribution in [1.82, 2.24) is 9.80 Å². The Morgan fingerprint density at radius 1 is 1.26 bits per heavy atom. The SMILES string of the molecule is CN(C)CC(C)(C)c1ccc(N2CN3CC[C@@H](N)[C@H]3C2=O)cc1. The molecule has 0 aromatic heterocycles. The van der Waals surface area contributed by atoms with Crippen LogP contribution in [0.1, 0.15) is 25.8 Å². The standard InChI is InChI=1S/C18H28N4O/c1-18(2,11-20(3)4)13-5-7-14(8-6-13)22-12-21-10-9-15(19)16(21)17(22)23/h5-8,15-16H,9-12,19H2,1-4H3/t15-,16+/m1/s1. The smallest absolute Gasteiger partial charge is 0.247 e. The Balaban J connectivity index is 1.77. The molecule has 2 aliphatic heterocycles. The number of nitrogens with two attached hydrogens (primary N) is 1. The molecule has 2 atom stereocenters. The Kier molecular flexibility index (Phi) is 4.21. The Labute approximate surface area is 139 Å². The van der Waals surface area contributed by atoms with Gasteiger partial charge in [-0.1, -0.05) is 26.0 Å². The number of hydrogen-bond acceptors (Lipinski definition) is 4. The van der Waals surface area contributed by atoms with E-state index in [-0.39, 0.29) is 23.4 Å². The van der Waals surface area contributed by atoms with Gasteiger partial charge in [-0.25, -0.2) is 0 Å². The number of fused-ring (bicyclic) bond motifs is 1. The van der Waals surface area contributed by atoms with Crippen molar-refractivity contribution in [3.8, 4) is 0 Å². The van der Waals surface area contributed by atoms with Crippen LogP contribution in [0, 0.1) is 0 Å². The maximum atomic E-state index is 12.6. The van der Waals surface area contributed by atoms with Crippen molar-refractivity contribution in [1.29, 1.82) is 0 Å². The van der Waals surface area contributed by atoms with Crippen LogP contribution in [0.4, 0.5) is 5.69 Å². The van der Waals surface area contributed by atoms with E-state index in [9.17, 15) is 4.79 Å². The molecule has 0 bridgehead atoms. The van der Waals surface area contributed by atoms with Gasteiger partial charge in [-0.3, -0.25) is 14.6 Å². The van der Waals surface area contributed by atoms with E-state index in [1.54, 1.807) is 0 Å². The molecular formula is C18H28N4O. The number of rotatable bonds is 4. The zero-order valence-corrected chi connectivity index (χ0v) is 14.6. The van der Waals surface area contributed by atoms with Crippen LogP contribution in [0.25, 0.3) is 0 Å². The second kappa shape index (κ2) is 5.89. The predicted octanol–water partition coefficient (Wildman–Crippen LogP) is 1.23. The van der Waals surface area contributed by atoms with Gasteiger partial charge in [-0.2, -0.15) is 0 Å². The van der Waals surface area contributed by atoms with Gasteiger partial charge in [0.2, 0.25) is 5.91 Å². The van der Waals surface area contributed by atoms with Crippen LogP contribution < -0.4 is 10.6 Å². The lowest BCUT2D eigenvalue weighted by Gasteiger charge is -2.29. The van der Waals surface area contributed by atoms with Gasteiger partial charge < -0.3 is 10.6 Å². The van der Waals surface area contributed by atoms with E-state index in [0.29, 0.717) is 6.67 Å². The molecule has 5 nitrogen and oxygen atoms in total. The third-order valence-corrected chi connectivity index (χ3v) is 5.06. The molecule has 5 heteroatoms. The monoisotopic (exact) mass is 316 g/mol. The minimum absolute atomic E-state index is 0.0224. The van der Waals surface area contributed by atoms with Crippen LogP contribution in [0.15, 0.2) is 24.3 Å². The molecule has 2 aliphatic rings. The lowest BCUT2D eigenvalue weighted by molar-refractivity contribution is -0.119. The van der Waals surface area contributed by atoms with Gasteiger partial charge >= 0.3 is 0 Å². The molecule has 0 aliphatic carbocycles. The molecule has 1 aromatic carbocycles. The highest BCUT2D eigenvalue weighted by atomic mass is 16.2. The lowest BCUT2D eigenvalue weighted by atomic mass is 9.84. The largest absolute Gasteiger partial charge is 0.326 e. The van der Waals surface area contributed by atoms with Crippen molar-refractivity contribution < 1.29 is 4.79 Å². The second-order valence-electron chi connectivity index (χ2n) is 7.79. The third kappa shape index (κ3) is 3.01. The molecule has 0 unspecified atom stereocenters. The highest BCUT2D eigenvalue weighted by Crippen LogP contribution is 2.31. The van der Waals surface area contributed by atoms with Gasteiger partial charge in [0.1, 0.15) is 6.04 Å². The molecule has 2 N–H and O–H groups in total. The van der Waals surface area contributed by atoms with E-state index in [2.05, 4.69) is 62.0 Å². The molecule has 0 spiro atoms. The number of carbonyl (C=O) groups is 1. The average molecular weight is 316 g/mol. The summed E-state index contributed by atoms with van der Waals surface area (Å²) < 4.78 is 0. The van der Waals surface area contributed by atoms with E-state index in [1.807, 2.05) is 4.90 Å². The maximum Gasteiger partial charge on any atom is 0.247 e. The number of amides is 1. The molecule has 3 rings (SSSR count). The van der Waals surface area contributed by atoms with Crippen LogP contribution in [0.2, 0.25) is 0 Å². The minimum atomic E-state index is -0.125. The van der Waals surface area contributed by atoms with Crippen molar-refractivity contribution in [2.45, 2.75) is 37.8 Å². The first-order chi connectivity index (χ1) is 10.8. The van der Waals surface area contributed by atoms with E-state index >= 15 is 0 Å². The average Bonchev–Trinajstić information content (AvgIpc) is 2.99. The molecule has 2 saturated heterocycles. The molecule has 23 heavy (non-hydrogen) atoms. The molecule has 126 valence electrons. The molecule has 2 heterocycles. The Bertz CT molecular complexity index is 581. The summed E-state index contributed by atoms with van der Waals surface area (Å²) >= 11 is 0. The van der Waals surface area contributed by atoms with Gasteiger partial charge in [0, 0.05) is 30.2 Å². The number of nitrogens with zero attached hydrogens (tertiary/aromatic N) is 3. The van der Waals surface area contributed by atoms with Crippen LogP contribution >= 0.6 is 0 Å². The van der Waals surface area contributed by atoms with Gasteiger partial charge in [0.15, 0.2) is 0 Å². The van der Waals surface area contributed by atoms with Crippen molar-refractivity contribution in [3.63, 3.8) is 0 Å². The highest BCUT2D eigenvalue weighted by Gasteiger charge is 2.46. The van der Waals surface area contributed by atoms with Crippen LogP contribution in [0.5, 0.6) is 0 Å². The second-order valence-corrected chi connectivity index (χ2v) is 7.79. The van der Waals surface area contributed by atoms with Crippen molar-refractivity contribution in [2.75, 3.05) is 38.8 Å². The fourth-order valence-electron chi connectivity index (χ4n) is 3.97. The van der Waals surface area contributed by atoms with Gasteiger partial charge in [0.25, 0.3) is 0 Å². The number of hydrogen-bond donors (Lipinski definition) is 1. The number of carbonyl (C=O) groups excluding carboxylic acids is 1. The first-order valence-corrected chi connectivity index (χ1v) is 8.36. The quantitative estimate of drug-likeness (QED) is 0.908. The summed E-state index contributed by atoms with van der Waals surface area (Å²) in [4.78, 5) is 18.9. The van der Waals surface area contributed by atoms with Crippen molar-refractivity contribution in [3.05, 3.63) is 29.8 Å². The lowest BCUT2D eigenvalue weighted by Crippen LogP contribution is -2.41. The molecule has 1 amide bonds. The van der Waals surface area contributed by atoms with Crippen LogP contribution in [-0.2, 0) is 10.2 Å². The fraction of sp³-hybridized carbons (Fsp3) is 0.611. The summed E-state index contributed by atoms with van der Waals surface area (Å²) in [6.45, 7) is 7.07. The summed E-state index contributed by atoms with van der Waals surface area (Å²) in [7, 11) is 4.19. The minimum Gasteiger partial charge on any atom is -0.326 e. The first kappa shape index (κ1) is 16.4. The summed E-state index contributed by atoms with van der Waals surface area (Å²) in [5.41, 5.74) is 8.43. The number of anilines is 1. The van der Waals surface area contributed by atoms with Gasteiger partial charge in [-0.05, 0) is 38.2 Å². The van der Waals surface area contributed by atoms with Crippen LogP contribution in [0.3, 0.4) is 0 Å². The summed E-state index contributed by atoms with van der Waals surface area (Å²) in [6, 6.07) is 8.28. The Hall–Kier alpha value is -1.43. The van der Waals surface area contributed by atoms with Crippen molar-refractivity contribution >= 4 is 11.6 Å². The summed E-state index contributed by atoms with van der Waals surface area (Å²) in [5, 5.41) is 0. The normalized spacial score (nSPS) is 25.5. The van der Waals surface area contributed by atoms with E-state index in [4.69, 9.17) is 5.73 Å². The molecule has 0 radical (unpaired) electrons. The summed E-state index contributed by atoms with van der Waals surface area (Å²) in [6.07, 6.45) is 0.919. The van der Waals surface area contributed by atoms with Crippen molar-refractivity contribution in [2.24, 2.45) is 5.73 Å². The molecular weight excluding hydrogens is 288 g/mol. The molecule has 2 fully saturated rings.